The zero-order valence-corrected chi connectivity index (χ0v) is 12.3. The first-order valence-electron chi connectivity index (χ1n) is 7.24. The first kappa shape index (κ1) is 14.8. The lowest BCUT2D eigenvalue weighted by Crippen LogP contribution is -2.30. The highest BCUT2D eigenvalue weighted by Gasteiger charge is 2.18. The summed E-state index contributed by atoms with van der Waals surface area (Å²) in [6.07, 6.45) is 3.54. The second kappa shape index (κ2) is 6.70. The lowest BCUT2D eigenvalue weighted by Gasteiger charge is -2.28. The van der Waals surface area contributed by atoms with Crippen LogP contribution in [-0.4, -0.2) is 36.5 Å². The smallest absolute Gasteiger partial charge is 0.295 e. The fourth-order valence-corrected chi connectivity index (χ4v) is 2.81. The largest absolute Gasteiger partial charge is 0.379 e. The summed E-state index contributed by atoms with van der Waals surface area (Å²) in [6.45, 7) is 4.91. The lowest BCUT2D eigenvalue weighted by molar-refractivity contribution is -0.384. The van der Waals surface area contributed by atoms with Gasteiger partial charge in [-0.05, 0) is 58.3 Å². The van der Waals surface area contributed by atoms with Crippen molar-refractivity contribution in [2.24, 2.45) is 5.92 Å². The number of para-hydroxylation sites is 1. The van der Waals surface area contributed by atoms with E-state index >= 15 is 0 Å². The fraction of sp³-hybridized carbons (Fsp3) is 0.600. The zero-order chi connectivity index (χ0) is 14.5. The van der Waals surface area contributed by atoms with Gasteiger partial charge in [0.2, 0.25) is 0 Å². The summed E-state index contributed by atoms with van der Waals surface area (Å²) in [5, 5.41) is 14.3. The molecule has 0 bridgehead atoms. The molecule has 1 aromatic rings. The van der Waals surface area contributed by atoms with E-state index in [-0.39, 0.29) is 10.6 Å². The number of nitro benzene ring substituents is 1. The van der Waals surface area contributed by atoms with E-state index in [0.717, 1.165) is 32.0 Å². The predicted molar refractivity (Wildman–Crippen MR) is 81.2 cm³/mol. The highest BCUT2D eigenvalue weighted by molar-refractivity contribution is 5.64. The monoisotopic (exact) mass is 277 g/mol. The molecule has 0 aliphatic carbocycles. The molecule has 0 amide bonds. The Kier molecular flexibility index (Phi) is 4.95. The Morgan fingerprint density at radius 3 is 2.75 bits per heavy atom. The summed E-state index contributed by atoms with van der Waals surface area (Å²) in [5.74, 6) is 0.738. The van der Waals surface area contributed by atoms with Gasteiger partial charge in [0.05, 0.1) is 4.92 Å². The number of rotatable bonds is 5. The highest BCUT2D eigenvalue weighted by Crippen LogP contribution is 2.28. The van der Waals surface area contributed by atoms with Crippen LogP contribution in [0.3, 0.4) is 0 Å². The van der Waals surface area contributed by atoms with Gasteiger partial charge in [0.25, 0.3) is 5.69 Å². The fourth-order valence-electron chi connectivity index (χ4n) is 2.81. The molecule has 0 saturated carbocycles. The van der Waals surface area contributed by atoms with Gasteiger partial charge in [0, 0.05) is 12.1 Å². The summed E-state index contributed by atoms with van der Waals surface area (Å²) in [5.41, 5.74) is 1.55. The minimum atomic E-state index is -0.298. The van der Waals surface area contributed by atoms with Crippen LogP contribution in [0.25, 0.3) is 0 Å². The maximum absolute atomic E-state index is 11.1. The summed E-state index contributed by atoms with van der Waals surface area (Å²) in [7, 11) is 2.16. The van der Waals surface area contributed by atoms with Gasteiger partial charge >= 0.3 is 0 Å². The molecule has 1 fully saturated rings. The van der Waals surface area contributed by atoms with Crippen LogP contribution in [0.2, 0.25) is 0 Å². The molecule has 2 rings (SSSR count). The maximum atomic E-state index is 11.1. The molecule has 1 aliphatic heterocycles. The average Bonchev–Trinajstić information content (AvgIpc) is 2.40. The van der Waals surface area contributed by atoms with Gasteiger partial charge in [0.15, 0.2) is 0 Å². The number of anilines is 1. The van der Waals surface area contributed by atoms with E-state index in [9.17, 15) is 10.1 Å². The Morgan fingerprint density at radius 2 is 2.10 bits per heavy atom. The quantitative estimate of drug-likeness (QED) is 0.664. The molecule has 0 radical (unpaired) electrons. The van der Waals surface area contributed by atoms with Crippen molar-refractivity contribution >= 4 is 11.4 Å². The second-order valence-electron chi connectivity index (χ2n) is 5.69. The van der Waals surface area contributed by atoms with Crippen LogP contribution in [0.15, 0.2) is 18.2 Å². The Labute approximate surface area is 120 Å². The van der Waals surface area contributed by atoms with Crippen molar-refractivity contribution in [3.63, 3.8) is 0 Å². The van der Waals surface area contributed by atoms with Crippen molar-refractivity contribution in [2.45, 2.75) is 26.2 Å². The van der Waals surface area contributed by atoms with Crippen LogP contribution in [0, 0.1) is 23.0 Å². The minimum absolute atomic E-state index is 0.205. The zero-order valence-electron chi connectivity index (χ0n) is 12.3. The number of hydrogen-bond donors (Lipinski definition) is 1. The lowest BCUT2D eigenvalue weighted by atomic mass is 9.94. The van der Waals surface area contributed by atoms with E-state index in [1.54, 1.807) is 19.1 Å². The third-order valence-electron chi connectivity index (χ3n) is 4.13. The molecule has 5 nitrogen and oxygen atoms in total. The van der Waals surface area contributed by atoms with E-state index < -0.39 is 0 Å². The second-order valence-corrected chi connectivity index (χ2v) is 5.69. The van der Waals surface area contributed by atoms with Crippen LogP contribution in [0.1, 0.15) is 24.8 Å². The van der Waals surface area contributed by atoms with Crippen LogP contribution in [-0.2, 0) is 0 Å². The van der Waals surface area contributed by atoms with Gasteiger partial charge in [-0.15, -0.1) is 0 Å². The Balaban J connectivity index is 1.88. The number of nitrogens with zero attached hydrogens (tertiary/aromatic N) is 2. The van der Waals surface area contributed by atoms with Crippen molar-refractivity contribution in [3.05, 3.63) is 33.9 Å². The van der Waals surface area contributed by atoms with E-state index in [0.29, 0.717) is 11.3 Å². The maximum Gasteiger partial charge on any atom is 0.295 e. The summed E-state index contributed by atoms with van der Waals surface area (Å²) in [6, 6.07) is 5.43. The third kappa shape index (κ3) is 3.70. The van der Waals surface area contributed by atoms with Gasteiger partial charge in [-0.25, -0.2) is 0 Å². The molecule has 0 atom stereocenters. The summed E-state index contributed by atoms with van der Waals surface area (Å²) < 4.78 is 0. The van der Waals surface area contributed by atoms with Crippen molar-refractivity contribution in [1.29, 1.82) is 0 Å². The van der Waals surface area contributed by atoms with Crippen molar-refractivity contribution in [3.8, 4) is 0 Å². The van der Waals surface area contributed by atoms with Crippen LogP contribution in [0.4, 0.5) is 11.4 Å². The SMILES string of the molecule is Cc1cccc(NCCC2CCN(C)CC2)c1[N+](=O)[O-]. The molecule has 0 spiro atoms. The topological polar surface area (TPSA) is 58.4 Å². The molecule has 110 valence electrons. The predicted octanol–water partition coefficient (Wildman–Crippen LogP) is 3.05. The number of aryl methyl sites for hydroxylation is 1. The number of benzene rings is 1. The molecule has 0 unspecified atom stereocenters. The molecule has 5 heteroatoms. The molecule has 0 aromatic heterocycles. The highest BCUT2D eigenvalue weighted by atomic mass is 16.6. The van der Waals surface area contributed by atoms with Gasteiger partial charge < -0.3 is 10.2 Å². The number of nitro groups is 1. The Bertz CT molecular complexity index is 468. The molecule has 1 saturated heterocycles. The molecular weight excluding hydrogens is 254 g/mol. The third-order valence-corrected chi connectivity index (χ3v) is 4.13. The average molecular weight is 277 g/mol. The van der Waals surface area contributed by atoms with Gasteiger partial charge in [-0.3, -0.25) is 10.1 Å². The van der Waals surface area contributed by atoms with Crippen molar-refractivity contribution in [1.82, 2.24) is 4.90 Å². The van der Waals surface area contributed by atoms with Gasteiger partial charge in [0.1, 0.15) is 5.69 Å². The standard InChI is InChI=1S/C15H23N3O2/c1-12-4-3-5-14(15(12)18(19)20)16-9-6-13-7-10-17(2)11-8-13/h3-5,13,16H,6-11H2,1-2H3. The van der Waals surface area contributed by atoms with Crippen LogP contribution >= 0.6 is 0 Å². The molecule has 1 heterocycles. The molecule has 1 aromatic carbocycles. The number of hydrogen-bond acceptors (Lipinski definition) is 4. The van der Waals surface area contributed by atoms with E-state index in [1.165, 1.54) is 12.8 Å². The van der Waals surface area contributed by atoms with E-state index in [1.807, 2.05) is 6.07 Å². The first-order valence-corrected chi connectivity index (χ1v) is 7.24. The number of nitrogens with one attached hydrogen (secondary N) is 1. The van der Waals surface area contributed by atoms with Gasteiger partial charge in [-0.2, -0.15) is 0 Å². The molecule has 1 N–H and O–H groups in total. The van der Waals surface area contributed by atoms with Gasteiger partial charge in [-0.1, -0.05) is 12.1 Å². The normalized spacial score (nSPS) is 17.1. The Morgan fingerprint density at radius 1 is 1.40 bits per heavy atom. The minimum Gasteiger partial charge on any atom is -0.379 e. The van der Waals surface area contributed by atoms with E-state index in [2.05, 4.69) is 17.3 Å². The molecular formula is C15H23N3O2. The number of likely N-dealkylation sites (tertiary alicyclic amines) is 1. The van der Waals surface area contributed by atoms with Crippen molar-refractivity contribution < 1.29 is 4.92 Å². The van der Waals surface area contributed by atoms with Crippen molar-refractivity contribution in [2.75, 3.05) is 32.0 Å². The summed E-state index contributed by atoms with van der Waals surface area (Å²) >= 11 is 0. The van der Waals surface area contributed by atoms with E-state index in [4.69, 9.17) is 0 Å². The van der Waals surface area contributed by atoms with Crippen LogP contribution in [0.5, 0.6) is 0 Å². The number of piperidine rings is 1. The first-order chi connectivity index (χ1) is 9.58. The summed E-state index contributed by atoms with van der Waals surface area (Å²) in [4.78, 5) is 13.2. The Hall–Kier alpha value is -1.62. The molecule has 20 heavy (non-hydrogen) atoms. The molecule has 1 aliphatic rings. The van der Waals surface area contributed by atoms with Crippen LogP contribution < -0.4 is 5.32 Å².